The third kappa shape index (κ3) is 4.03. The Labute approximate surface area is 176 Å². The van der Waals surface area contributed by atoms with Gasteiger partial charge in [0.15, 0.2) is 6.54 Å². The van der Waals surface area contributed by atoms with E-state index in [0.717, 1.165) is 30.8 Å². The van der Waals surface area contributed by atoms with Crippen LogP contribution in [0.1, 0.15) is 16.7 Å². The van der Waals surface area contributed by atoms with Crippen LogP contribution in [0.4, 0.5) is 5.69 Å². The van der Waals surface area contributed by atoms with Crippen LogP contribution in [-0.4, -0.2) is 22.8 Å². The number of para-hydroxylation sites is 1. The summed E-state index contributed by atoms with van der Waals surface area (Å²) in [6.07, 6.45) is 3.60. The van der Waals surface area contributed by atoms with Gasteiger partial charge in [-0.1, -0.05) is 72.8 Å². The minimum atomic E-state index is -0.209. The van der Waals surface area contributed by atoms with Crippen LogP contribution in [0.3, 0.4) is 0 Å². The zero-order chi connectivity index (χ0) is 20.3. The molecule has 1 heterocycles. The number of hydrogen-bond donors (Lipinski definition) is 1. The lowest BCUT2D eigenvalue weighted by Crippen LogP contribution is -2.23. The van der Waals surface area contributed by atoms with E-state index in [0.29, 0.717) is 5.76 Å². The Hall–Kier alpha value is -3.66. The van der Waals surface area contributed by atoms with E-state index >= 15 is 0 Å². The second-order valence-corrected chi connectivity index (χ2v) is 7.69. The Balaban J connectivity index is 1.35. The molecule has 30 heavy (non-hydrogen) atoms. The first kappa shape index (κ1) is 18.4. The number of fused-ring (bicyclic) bond motifs is 1. The van der Waals surface area contributed by atoms with E-state index in [-0.39, 0.29) is 12.0 Å². The highest BCUT2D eigenvalue weighted by Crippen LogP contribution is 2.28. The summed E-state index contributed by atoms with van der Waals surface area (Å²) < 4.78 is 8.38. The monoisotopic (exact) mass is 395 g/mol. The minimum absolute atomic E-state index is 0.0287. The van der Waals surface area contributed by atoms with Gasteiger partial charge >= 0.3 is 5.70 Å². The SMILES string of the molecule is O=C(Nc1ccccc1)/C(OC1Cc2ccccc2C1)=C1C=[N+]\1Cc1ccccc1. The Morgan fingerprint density at radius 2 is 1.47 bits per heavy atom. The molecular formula is C26H23N2O2+. The molecule has 0 aromatic heterocycles. The second-order valence-electron chi connectivity index (χ2n) is 7.69. The van der Waals surface area contributed by atoms with Crippen molar-refractivity contribution in [1.82, 2.24) is 0 Å². The average Bonchev–Trinajstić information content (AvgIpc) is 3.39. The van der Waals surface area contributed by atoms with Crippen LogP contribution < -0.4 is 5.32 Å². The normalized spacial score (nSPS) is 16.5. The Kier molecular flexibility index (Phi) is 4.89. The third-order valence-electron chi connectivity index (χ3n) is 5.48. The highest BCUT2D eigenvalue weighted by molar-refractivity contribution is 6.06. The topological polar surface area (TPSA) is 41.3 Å². The van der Waals surface area contributed by atoms with E-state index in [1.807, 2.05) is 54.7 Å². The molecule has 0 spiro atoms. The lowest BCUT2D eigenvalue weighted by molar-refractivity contribution is -0.423. The van der Waals surface area contributed by atoms with E-state index in [4.69, 9.17) is 4.74 Å². The number of nitrogens with one attached hydrogen (secondary N) is 1. The molecule has 1 amide bonds. The maximum absolute atomic E-state index is 13.1. The van der Waals surface area contributed by atoms with Gasteiger partial charge in [-0.15, -0.1) is 0 Å². The Morgan fingerprint density at radius 3 is 2.13 bits per heavy atom. The van der Waals surface area contributed by atoms with Crippen molar-refractivity contribution in [2.45, 2.75) is 25.5 Å². The number of benzene rings is 3. The number of rotatable bonds is 6. The second kappa shape index (κ2) is 7.99. The number of nitrogens with zero attached hydrogens (tertiary/aromatic N) is 1. The van der Waals surface area contributed by atoms with E-state index in [2.05, 4.69) is 46.3 Å². The summed E-state index contributed by atoms with van der Waals surface area (Å²) in [5, 5.41) is 2.97. The van der Waals surface area contributed by atoms with Crippen LogP contribution in [0, 0.1) is 0 Å². The van der Waals surface area contributed by atoms with Gasteiger partial charge in [-0.05, 0) is 23.3 Å². The first-order chi connectivity index (χ1) is 14.8. The molecule has 4 heteroatoms. The van der Waals surface area contributed by atoms with Crippen LogP contribution in [0.25, 0.3) is 0 Å². The molecule has 3 aromatic carbocycles. The molecule has 2 aliphatic rings. The van der Waals surface area contributed by atoms with Crippen LogP contribution in [0.15, 0.2) is 96.4 Å². The molecule has 0 unspecified atom stereocenters. The zero-order valence-corrected chi connectivity index (χ0v) is 16.6. The molecule has 3 aromatic rings. The summed E-state index contributed by atoms with van der Waals surface area (Å²) in [6.45, 7) is 0.729. The summed E-state index contributed by atoms with van der Waals surface area (Å²) in [4.78, 5) is 13.1. The van der Waals surface area contributed by atoms with Gasteiger partial charge in [0, 0.05) is 24.1 Å². The number of amides is 1. The molecule has 148 valence electrons. The van der Waals surface area contributed by atoms with Gasteiger partial charge in [-0.3, -0.25) is 4.79 Å². The van der Waals surface area contributed by atoms with E-state index in [1.54, 1.807) is 0 Å². The smallest absolute Gasteiger partial charge is 0.318 e. The largest absolute Gasteiger partial charge is 0.479 e. The van der Waals surface area contributed by atoms with Crippen molar-refractivity contribution in [2.24, 2.45) is 0 Å². The Morgan fingerprint density at radius 1 is 0.867 bits per heavy atom. The van der Waals surface area contributed by atoms with E-state index < -0.39 is 0 Å². The molecular weight excluding hydrogens is 372 g/mol. The van der Waals surface area contributed by atoms with Crippen LogP contribution in [0.5, 0.6) is 0 Å². The molecule has 5 rings (SSSR count). The molecule has 0 radical (unpaired) electrons. The van der Waals surface area contributed by atoms with Gasteiger partial charge in [0.2, 0.25) is 6.21 Å². The van der Waals surface area contributed by atoms with E-state index in [9.17, 15) is 4.79 Å². The standard InChI is InChI=1S/C26H22N2O2/c29-26(27-22-13-5-2-6-14-22)25(24-18-28(24)17-19-9-3-1-4-10-19)30-23-15-20-11-7-8-12-21(20)16-23/h1-14,18,23H,15-17H2/p+1/b25-24-. The van der Waals surface area contributed by atoms with Crippen molar-refractivity contribution in [1.29, 1.82) is 0 Å². The minimum Gasteiger partial charge on any atom is -0.479 e. The van der Waals surface area contributed by atoms with Crippen molar-refractivity contribution in [3.8, 4) is 0 Å². The molecule has 0 saturated heterocycles. The number of hydrogen-bond acceptors (Lipinski definition) is 2. The number of allylic oxidation sites excluding steroid dienone is 1. The molecule has 1 N–H and O–H groups in total. The highest BCUT2D eigenvalue weighted by Gasteiger charge is 2.39. The van der Waals surface area contributed by atoms with Crippen molar-refractivity contribution in [3.63, 3.8) is 0 Å². The van der Waals surface area contributed by atoms with Gasteiger partial charge in [0.1, 0.15) is 6.10 Å². The fourth-order valence-corrected chi connectivity index (χ4v) is 3.93. The number of carbonyl (C=O) groups excluding carboxylic acids is 1. The van der Waals surface area contributed by atoms with Crippen molar-refractivity contribution < 1.29 is 14.1 Å². The lowest BCUT2D eigenvalue weighted by atomic mass is 10.1. The molecule has 0 atom stereocenters. The van der Waals surface area contributed by atoms with Gasteiger partial charge in [0.05, 0.1) is 0 Å². The average molecular weight is 395 g/mol. The fraction of sp³-hybridized carbons (Fsp3) is 0.154. The number of carbonyl (C=O) groups is 1. The van der Waals surface area contributed by atoms with Gasteiger partial charge in [-0.2, -0.15) is 4.58 Å². The van der Waals surface area contributed by atoms with Gasteiger partial charge in [0.25, 0.3) is 11.7 Å². The van der Waals surface area contributed by atoms with Gasteiger partial charge < -0.3 is 10.1 Å². The molecule has 0 bridgehead atoms. The van der Waals surface area contributed by atoms with E-state index in [1.165, 1.54) is 16.7 Å². The predicted molar refractivity (Wildman–Crippen MR) is 117 cm³/mol. The summed E-state index contributed by atoms with van der Waals surface area (Å²) in [5.41, 5.74) is 5.41. The first-order valence-electron chi connectivity index (χ1n) is 10.3. The van der Waals surface area contributed by atoms with Crippen molar-refractivity contribution in [2.75, 3.05) is 5.32 Å². The number of anilines is 1. The molecule has 0 fully saturated rings. The maximum atomic E-state index is 13.1. The van der Waals surface area contributed by atoms with Crippen LogP contribution >= 0.6 is 0 Å². The fourth-order valence-electron chi connectivity index (χ4n) is 3.93. The third-order valence-corrected chi connectivity index (χ3v) is 5.48. The molecule has 4 nitrogen and oxygen atoms in total. The molecule has 1 aliphatic heterocycles. The first-order valence-corrected chi connectivity index (χ1v) is 10.3. The molecule has 1 aliphatic carbocycles. The Bertz CT molecular complexity index is 1110. The quantitative estimate of drug-likeness (QED) is 0.384. The highest BCUT2D eigenvalue weighted by atomic mass is 16.5. The predicted octanol–water partition coefficient (Wildman–Crippen LogP) is 4.32. The summed E-state index contributed by atoms with van der Waals surface area (Å²) in [6, 6.07) is 28.1. The summed E-state index contributed by atoms with van der Waals surface area (Å²) >= 11 is 0. The van der Waals surface area contributed by atoms with Crippen LogP contribution in [0.2, 0.25) is 0 Å². The summed E-state index contributed by atoms with van der Waals surface area (Å²) in [7, 11) is 0. The van der Waals surface area contributed by atoms with Crippen LogP contribution in [-0.2, 0) is 28.9 Å². The molecule has 0 saturated carbocycles. The number of ether oxygens (including phenoxy) is 1. The van der Waals surface area contributed by atoms with Gasteiger partial charge in [-0.25, -0.2) is 0 Å². The maximum Gasteiger partial charge on any atom is 0.318 e. The lowest BCUT2D eigenvalue weighted by Gasteiger charge is -2.14. The summed E-state index contributed by atoms with van der Waals surface area (Å²) in [5.74, 6) is 0.187. The van der Waals surface area contributed by atoms with Crippen molar-refractivity contribution in [3.05, 3.63) is 113 Å². The van der Waals surface area contributed by atoms with Crippen molar-refractivity contribution >= 4 is 17.8 Å². The zero-order valence-electron chi connectivity index (χ0n) is 16.6.